The van der Waals surface area contributed by atoms with E-state index in [1.165, 1.54) is 26.1 Å². The second-order valence-electron chi connectivity index (χ2n) is 6.41. The van der Waals surface area contributed by atoms with Crippen LogP contribution < -0.4 is 5.32 Å². The maximum absolute atomic E-state index is 5.94. The number of likely N-dealkylation sites (tertiary alicyclic amines) is 1. The van der Waals surface area contributed by atoms with Crippen LogP contribution in [0.25, 0.3) is 0 Å². The Balaban J connectivity index is 1.48. The topological polar surface area (TPSA) is 27.7 Å². The van der Waals surface area contributed by atoms with E-state index in [1.807, 2.05) is 0 Å². The lowest BCUT2D eigenvalue weighted by atomic mass is 10.1. The van der Waals surface area contributed by atoms with E-state index in [-0.39, 0.29) is 0 Å². The molecule has 3 aliphatic heterocycles. The highest BCUT2D eigenvalue weighted by Crippen LogP contribution is 2.25. The highest BCUT2D eigenvalue weighted by molar-refractivity contribution is 4.94. The summed E-state index contributed by atoms with van der Waals surface area (Å²) in [5, 5.41) is 3.62. The molecule has 18 heavy (non-hydrogen) atoms. The standard InChI is InChI=1S/C14H27N3O/c1-11(2)17-5-6-18-13(9-17)8-16-7-12-3-4-15-14(12)10-16/h11-15H,3-10H2,1-2H3/t12-,13?,14+/m0/s1. The molecule has 3 rings (SSSR count). The van der Waals surface area contributed by atoms with Gasteiger partial charge in [-0.25, -0.2) is 0 Å². The molecule has 0 aliphatic carbocycles. The van der Waals surface area contributed by atoms with E-state index in [4.69, 9.17) is 4.74 Å². The van der Waals surface area contributed by atoms with Crippen LogP contribution in [0.2, 0.25) is 0 Å². The quantitative estimate of drug-likeness (QED) is 0.787. The van der Waals surface area contributed by atoms with Crippen LogP contribution in [-0.4, -0.2) is 73.9 Å². The molecule has 3 aliphatic rings. The Morgan fingerprint density at radius 2 is 2.17 bits per heavy atom. The van der Waals surface area contributed by atoms with Crippen LogP contribution in [-0.2, 0) is 4.74 Å². The van der Waals surface area contributed by atoms with Crippen LogP contribution in [0.3, 0.4) is 0 Å². The SMILES string of the molecule is CC(C)N1CCOC(CN2C[C@@H]3CCN[C@@H]3C2)C1. The van der Waals surface area contributed by atoms with Gasteiger partial charge in [-0.2, -0.15) is 0 Å². The van der Waals surface area contributed by atoms with Gasteiger partial charge in [0.25, 0.3) is 0 Å². The molecule has 1 N–H and O–H groups in total. The molecule has 4 heteroatoms. The Hall–Kier alpha value is -0.160. The fourth-order valence-corrected chi connectivity index (χ4v) is 3.70. The van der Waals surface area contributed by atoms with Gasteiger partial charge in [-0.05, 0) is 32.7 Å². The lowest BCUT2D eigenvalue weighted by Crippen LogP contribution is -2.49. The second-order valence-corrected chi connectivity index (χ2v) is 6.41. The van der Waals surface area contributed by atoms with E-state index in [0.717, 1.165) is 38.2 Å². The minimum Gasteiger partial charge on any atom is -0.374 e. The smallest absolute Gasteiger partial charge is 0.0829 e. The van der Waals surface area contributed by atoms with Crippen molar-refractivity contribution >= 4 is 0 Å². The Labute approximate surface area is 111 Å². The molecule has 1 unspecified atom stereocenters. The van der Waals surface area contributed by atoms with Crippen molar-refractivity contribution in [1.82, 2.24) is 15.1 Å². The maximum Gasteiger partial charge on any atom is 0.0829 e. The zero-order valence-electron chi connectivity index (χ0n) is 11.8. The van der Waals surface area contributed by atoms with Crippen LogP contribution in [0.15, 0.2) is 0 Å². The fourth-order valence-electron chi connectivity index (χ4n) is 3.70. The van der Waals surface area contributed by atoms with E-state index in [9.17, 15) is 0 Å². The lowest BCUT2D eigenvalue weighted by Gasteiger charge is -2.37. The van der Waals surface area contributed by atoms with E-state index >= 15 is 0 Å². The van der Waals surface area contributed by atoms with Crippen molar-refractivity contribution in [2.45, 2.75) is 38.5 Å². The second kappa shape index (κ2) is 5.45. The number of nitrogens with one attached hydrogen (secondary N) is 1. The highest BCUT2D eigenvalue weighted by Gasteiger charge is 2.37. The first kappa shape index (κ1) is 12.9. The molecule has 0 bridgehead atoms. The monoisotopic (exact) mass is 253 g/mol. The van der Waals surface area contributed by atoms with Crippen molar-refractivity contribution in [1.29, 1.82) is 0 Å². The molecule has 4 nitrogen and oxygen atoms in total. The van der Waals surface area contributed by atoms with Gasteiger partial charge in [0.05, 0.1) is 12.7 Å². The molecule has 3 heterocycles. The van der Waals surface area contributed by atoms with Crippen molar-refractivity contribution in [3.63, 3.8) is 0 Å². The summed E-state index contributed by atoms with van der Waals surface area (Å²) >= 11 is 0. The first-order valence-electron chi connectivity index (χ1n) is 7.54. The summed E-state index contributed by atoms with van der Waals surface area (Å²) in [6.45, 7) is 12.5. The molecule has 0 aromatic carbocycles. The van der Waals surface area contributed by atoms with Crippen molar-refractivity contribution in [3.8, 4) is 0 Å². The summed E-state index contributed by atoms with van der Waals surface area (Å²) < 4.78 is 5.94. The largest absolute Gasteiger partial charge is 0.374 e. The summed E-state index contributed by atoms with van der Waals surface area (Å²) in [4.78, 5) is 5.15. The van der Waals surface area contributed by atoms with Crippen molar-refractivity contribution in [3.05, 3.63) is 0 Å². The molecule has 104 valence electrons. The maximum atomic E-state index is 5.94. The summed E-state index contributed by atoms with van der Waals surface area (Å²) in [6.07, 6.45) is 1.78. The first-order chi connectivity index (χ1) is 8.72. The number of rotatable bonds is 3. The zero-order valence-corrected chi connectivity index (χ0v) is 11.8. The minimum absolute atomic E-state index is 0.417. The third-order valence-corrected chi connectivity index (χ3v) is 4.80. The molecular formula is C14H27N3O. The van der Waals surface area contributed by atoms with Crippen LogP contribution in [0.5, 0.6) is 0 Å². The van der Waals surface area contributed by atoms with Gasteiger partial charge in [0.1, 0.15) is 0 Å². The first-order valence-corrected chi connectivity index (χ1v) is 7.54. The number of nitrogens with zero attached hydrogens (tertiary/aromatic N) is 2. The third-order valence-electron chi connectivity index (χ3n) is 4.80. The minimum atomic E-state index is 0.417. The molecule has 0 aromatic heterocycles. The number of ether oxygens (including phenoxy) is 1. The van der Waals surface area contributed by atoms with Crippen molar-refractivity contribution < 1.29 is 4.74 Å². The molecule has 3 saturated heterocycles. The number of hydrogen-bond donors (Lipinski definition) is 1. The van der Waals surface area contributed by atoms with Gasteiger partial charge in [-0.15, -0.1) is 0 Å². The van der Waals surface area contributed by atoms with Crippen LogP contribution in [0.1, 0.15) is 20.3 Å². The predicted octanol–water partition coefficient (Wildman–Crippen LogP) is 0.389. The summed E-state index contributed by atoms with van der Waals surface area (Å²) in [6, 6.07) is 1.41. The van der Waals surface area contributed by atoms with E-state index in [1.54, 1.807) is 0 Å². The van der Waals surface area contributed by atoms with Gasteiger partial charge >= 0.3 is 0 Å². The van der Waals surface area contributed by atoms with Gasteiger partial charge in [0.15, 0.2) is 0 Å². The van der Waals surface area contributed by atoms with Crippen LogP contribution in [0.4, 0.5) is 0 Å². The number of morpholine rings is 1. The van der Waals surface area contributed by atoms with Crippen LogP contribution in [0, 0.1) is 5.92 Å². The van der Waals surface area contributed by atoms with Gasteiger partial charge in [0.2, 0.25) is 0 Å². The van der Waals surface area contributed by atoms with Crippen molar-refractivity contribution in [2.75, 3.05) is 45.9 Å². The molecule has 0 spiro atoms. The van der Waals surface area contributed by atoms with E-state index in [0.29, 0.717) is 12.1 Å². The molecule has 0 aromatic rings. The molecule has 0 radical (unpaired) electrons. The molecule has 3 fully saturated rings. The Morgan fingerprint density at radius 1 is 1.28 bits per heavy atom. The zero-order chi connectivity index (χ0) is 12.5. The fraction of sp³-hybridized carbons (Fsp3) is 1.00. The van der Waals surface area contributed by atoms with Gasteiger partial charge < -0.3 is 10.1 Å². The van der Waals surface area contributed by atoms with Crippen molar-refractivity contribution in [2.24, 2.45) is 5.92 Å². The lowest BCUT2D eigenvalue weighted by molar-refractivity contribution is -0.0503. The molecule has 3 atom stereocenters. The van der Waals surface area contributed by atoms with Gasteiger partial charge in [0, 0.05) is 44.8 Å². The summed E-state index contributed by atoms with van der Waals surface area (Å²) in [5.41, 5.74) is 0. The summed E-state index contributed by atoms with van der Waals surface area (Å²) in [5.74, 6) is 0.898. The normalized spacial score (nSPS) is 38.5. The Morgan fingerprint density at radius 3 is 2.94 bits per heavy atom. The molecule has 0 saturated carbocycles. The Bertz CT molecular complexity index is 272. The summed E-state index contributed by atoms with van der Waals surface area (Å²) in [7, 11) is 0. The predicted molar refractivity (Wildman–Crippen MR) is 72.8 cm³/mol. The van der Waals surface area contributed by atoms with Crippen LogP contribution >= 0.6 is 0 Å². The van der Waals surface area contributed by atoms with Gasteiger partial charge in [-0.3, -0.25) is 9.80 Å². The number of hydrogen-bond acceptors (Lipinski definition) is 4. The average molecular weight is 253 g/mol. The Kier molecular flexibility index (Phi) is 3.89. The number of fused-ring (bicyclic) bond motifs is 1. The van der Waals surface area contributed by atoms with E-state index < -0.39 is 0 Å². The average Bonchev–Trinajstić information content (AvgIpc) is 2.90. The third kappa shape index (κ3) is 2.72. The van der Waals surface area contributed by atoms with Gasteiger partial charge in [-0.1, -0.05) is 0 Å². The molecule has 0 amide bonds. The molecular weight excluding hydrogens is 226 g/mol. The highest BCUT2D eigenvalue weighted by atomic mass is 16.5. The van der Waals surface area contributed by atoms with E-state index in [2.05, 4.69) is 29.0 Å².